The van der Waals surface area contributed by atoms with Gasteiger partial charge in [0.2, 0.25) is 0 Å². The van der Waals surface area contributed by atoms with Crippen molar-refractivity contribution >= 4 is 17.7 Å². The second-order valence-corrected chi connectivity index (χ2v) is 5.86. The largest absolute Gasteiger partial charge is 0.493 e. The minimum absolute atomic E-state index is 0.160. The predicted molar refractivity (Wildman–Crippen MR) is 103 cm³/mol. The van der Waals surface area contributed by atoms with Crippen LogP contribution in [0.1, 0.15) is 33.2 Å². The molecule has 2 rings (SSSR count). The summed E-state index contributed by atoms with van der Waals surface area (Å²) >= 11 is 0. The molecular weight excluding hydrogens is 362 g/mol. The van der Waals surface area contributed by atoms with Gasteiger partial charge < -0.3 is 25.8 Å². The fourth-order valence-electron chi connectivity index (χ4n) is 2.45. The molecule has 0 aliphatic carbocycles. The third kappa shape index (κ3) is 5.73. The van der Waals surface area contributed by atoms with E-state index in [9.17, 15) is 14.4 Å². The Labute approximate surface area is 163 Å². The van der Waals surface area contributed by atoms with Gasteiger partial charge in [-0.15, -0.1) is 0 Å². The highest BCUT2D eigenvalue weighted by Crippen LogP contribution is 2.28. The summed E-state index contributed by atoms with van der Waals surface area (Å²) in [6, 6.07) is 11.6. The minimum Gasteiger partial charge on any atom is -0.493 e. The van der Waals surface area contributed by atoms with Crippen molar-refractivity contribution in [2.24, 2.45) is 5.73 Å². The molecule has 4 N–H and O–H groups in total. The van der Waals surface area contributed by atoms with E-state index in [1.165, 1.54) is 19.2 Å². The standard InChI is InChI=1S/C20H23N3O5/c1-3-22-19(25)14-6-4-5-13(9-14)11-23-20(26)15-7-8-16(17(10-15)27-2)28-12-18(21)24/h4-10H,3,11-12H2,1-2H3,(H2,21,24)(H,22,25)(H,23,26). The van der Waals surface area contributed by atoms with Gasteiger partial charge in [0.05, 0.1) is 7.11 Å². The molecule has 28 heavy (non-hydrogen) atoms. The van der Waals surface area contributed by atoms with Crippen molar-refractivity contribution in [1.82, 2.24) is 10.6 Å². The predicted octanol–water partition coefficient (Wildman–Crippen LogP) is 1.24. The maximum atomic E-state index is 12.4. The van der Waals surface area contributed by atoms with Gasteiger partial charge in [-0.1, -0.05) is 12.1 Å². The van der Waals surface area contributed by atoms with E-state index in [1.807, 2.05) is 13.0 Å². The van der Waals surface area contributed by atoms with Gasteiger partial charge in [-0.25, -0.2) is 0 Å². The lowest BCUT2D eigenvalue weighted by atomic mass is 10.1. The Kier molecular flexibility index (Phi) is 7.38. The molecule has 2 aromatic carbocycles. The Morgan fingerprint density at radius 2 is 1.68 bits per heavy atom. The summed E-state index contributed by atoms with van der Waals surface area (Å²) in [7, 11) is 1.43. The maximum absolute atomic E-state index is 12.4. The van der Waals surface area contributed by atoms with Gasteiger partial charge >= 0.3 is 0 Å². The van der Waals surface area contributed by atoms with Crippen LogP contribution < -0.4 is 25.8 Å². The number of carbonyl (C=O) groups excluding carboxylic acids is 3. The summed E-state index contributed by atoms with van der Waals surface area (Å²) in [5, 5.41) is 5.53. The Balaban J connectivity index is 2.04. The normalized spacial score (nSPS) is 10.1. The highest BCUT2D eigenvalue weighted by atomic mass is 16.5. The Hall–Kier alpha value is -3.55. The molecule has 0 aromatic heterocycles. The molecule has 0 radical (unpaired) electrons. The van der Waals surface area contributed by atoms with Crippen LogP contribution in [0, 0.1) is 0 Å². The van der Waals surface area contributed by atoms with Gasteiger partial charge in [0.15, 0.2) is 18.1 Å². The first-order valence-corrected chi connectivity index (χ1v) is 8.69. The Morgan fingerprint density at radius 3 is 2.36 bits per heavy atom. The van der Waals surface area contributed by atoms with E-state index in [1.54, 1.807) is 24.3 Å². The Morgan fingerprint density at radius 1 is 0.964 bits per heavy atom. The zero-order chi connectivity index (χ0) is 20.5. The van der Waals surface area contributed by atoms with E-state index in [-0.39, 0.29) is 25.0 Å². The van der Waals surface area contributed by atoms with Crippen LogP contribution in [0.2, 0.25) is 0 Å². The van der Waals surface area contributed by atoms with Crippen molar-refractivity contribution in [3.63, 3.8) is 0 Å². The third-order valence-electron chi connectivity index (χ3n) is 3.78. The van der Waals surface area contributed by atoms with Crippen LogP contribution in [0.25, 0.3) is 0 Å². The fourth-order valence-corrected chi connectivity index (χ4v) is 2.45. The number of nitrogens with one attached hydrogen (secondary N) is 2. The molecule has 0 atom stereocenters. The number of primary amides is 1. The van der Waals surface area contributed by atoms with Gasteiger partial charge in [0.25, 0.3) is 17.7 Å². The van der Waals surface area contributed by atoms with Crippen LogP contribution >= 0.6 is 0 Å². The molecule has 3 amide bonds. The molecule has 8 heteroatoms. The van der Waals surface area contributed by atoms with Gasteiger partial charge in [0, 0.05) is 24.2 Å². The van der Waals surface area contributed by atoms with E-state index in [0.717, 1.165) is 5.56 Å². The van der Waals surface area contributed by atoms with Gasteiger partial charge in [-0.2, -0.15) is 0 Å². The van der Waals surface area contributed by atoms with E-state index in [2.05, 4.69) is 10.6 Å². The number of rotatable bonds is 9. The van der Waals surface area contributed by atoms with Crippen molar-refractivity contribution in [3.05, 3.63) is 59.2 Å². The summed E-state index contributed by atoms with van der Waals surface area (Å²) in [6.07, 6.45) is 0. The van der Waals surface area contributed by atoms with Crippen LogP contribution in [0.5, 0.6) is 11.5 Å². The van der Waals surface area contributed by atoms with Crippen molar-refractivity contribution in [1.29, 1.82) is 0 Å². The molecule has 0 spiro atoms. The molecular formula is C20H23N3O5. The summed E-state index contributed by atoms with van der Waals surface area (Å²) in [4.78, 5) is 35.2. The molecule has 0 saturated heterocycles. The number of carbonyl (C=O) groups is 3. The van der Waals surface area contributed by atoms with Crippen LogP contribution in [0.4, 0.5) is 0 Å². The van der Waals surface area contributed by atoms with Crippen molar-refractivity contribution in [3.8, 4) is 11.5 Å². The number of ether oxygens (including phenoxy) is 2. The molecule has 0 aliphatic heterocycles. The summed E-state index contributed by atoms with van der Waals surface area (Å²) in [5.74, 6) is -0.464. The zero-order valence-corrected chi connectivity index (χ0v) is 15.8. The minimum atomic E-state index is -0.612. The van der Waals surface area contributed by atoms with Crippen LogP contribution in [0.3, 0.4) is 0 Å². The fraction of sp³-hybridized carbons (Fsp3) is 0.250. The Bertz CT molecular complexity index is 867. The number of nitrogens with two attached hydrogens (primary N) is 1. The summed E-state index contributed by atoms with van der Waals surface area (Å²) in [5.41, 5.74) is 6.75. The second kappa shape index (κ2) is 9.96. The lowest BCUT2D eigenvalue weighted by molar-refractivity contribution is -0.119. The third-order valence-corrected chi connectivity index (χ3v) is 3.78. The van der Waals surface area contributed by atoms with E-state index >= 15 is 0 Å². The van der Waals surface area contributed by atoms with Crippen LogP contribution in [-0.2, 0) is 11.3 Å². The molecule has 0 aliphatic rings. The van der Waals surface area contributed by atoms with Gasteiger partial charge in [0.1, 0.15) is 0 Å². The quantitative estimate of drug-likeness (QED) is 0.600. The van der Waals surface area contributed by atoms with Crippen LogP contribution in [0.15, 0.2) is 42.5 Å². The number of methoxy groups -OCH3 is 1. The SMILES string of the molecule is CCNC(=O)c1cccc(CNC(=O)c2ccc(OCC(N)=O)c(OC)c2)c1. The van der Waals surface area contributed by atoms with Crippen molar-refractivity contribution in [2.45, 2.75) is 13.5 Å². The second-order valence-electron chi connectivity index (χ2n) is 5.86. The molecule has 8 nitrogen and oxygen atoms in total. The number of hydrogen-bond acceptors (Lipinski definition) is 5. The van der Waals surface area contributed by atoms with Gasteiger partial charge in [-0.05, 0) is 42.8 Å². The first-order valence-electron chi connectivity index (χ1n) is 8.69. The highest BCUT2D eigenvalue weighted by molar-refractivity contribution is 5.95. The van der Waals surface area contributed by atoms with Crippen LogP contribution in [-0.4, -0.2) is 38.0 Å². The van der Waals surface area contributed by atoms with Crippen molar-refractivity contribution in [2.75, 3.05) is 20.3 Å². The summed E-state index contributed by atoms with van der Waals surface area (Å²) in [6.45, 7) is 2.36. The lowest BCUT2D eigenvalue weighted by Gasteiger charge is -2.12. The molecule has 0 fully saturated rings. The average molecular weight is 385 g/mol. The maximum Gasteiger partial charge on any atom is 0.255 e. The lowest BCUT2D eigenvalue weighted by Crippen LogP contribution is -2.24. The summed E-state index contributed by atoms with van der Waals surface area (Å²) < 4.78 is 10.4. The first kappa shape index (κ1) is 20.8. The topological polar surface area (TPSA) is 120 Å². The molecule has 0 saturated carbocycles. The van der Waals surface area contributed by atoms with E-state index < -0.39 is 5.91 Å². The van der Waals surface area contributed by atoms with E-state index in [4.69, 9.17) is 15.2 Å². The average Bonchev–Trinajstić information content (AvgIpc) is 2.70. The molecule has 0 unspecified atom stereocenters. The first-order chi connectivity index (χ1) is 13.4. The van der Waals surface area contributed by atoms with Gasteiger partial charge in [-0.3, -0.25) is 14.4 Å². The number of benzene rings is 2. The zero-order valence-electron chi connectivity index (χ0n) is 15.8. The molecule has 0 heterocycles. The van der Waals surface area contributed by atoms with E-state index in [0.29, 0.717) is 29.2 Å². The van der Waals surface area contributed by atoms with Crippen molar-refractivity contribution < 1.29 is 23.9 Å². The molecule has 148 valence electrons. The molecule has 0 bridgehead atoms. The highest BCUT2D eigenvalue weighted by Gasteiger charge is 2.12. The smallest absolute Gasteiger partial charge is 0.255 e. The number of amides is 3. The molecule has 2 aromatic rings. The monoisotopic (exact) mass is 385 g/mol. The number of hydrogen-bond donors (Lipinski definition) is 3.